The molecule has 0 saturated carbocycles. The fourth-order valence-corrected chi connectivity index (χ4v) is 2.85. The SMILES string of the molecule is COCOc1ccc(Cc2ccc(C=O)c(C)c2C)cc1C(C)C. The zero-order chi connectivity index (χ0) is 17.7. The maximum absolute atomic E-state index is 11.1. The summed E-state index contributed by atoms with van der Waals surface area (Å²) in [6, 6.07) is 10.3. The van der Waals surface area contributed by atoms with E-state index in [2.05, 4.69) is 39.0 Å². The van der Waals surface area contributed by atoms with Gasteiger partial charge in [-0.3, -0.25) is 4.79 Å². The number of rotatable bonds is 7. The standard InChI is InChI=1S/C21H26O3/c1-14(2)20-11-17(6-9-21(20)24-13-23-5)10-18-7-8-19(12-22)16(4)15(18)3/h6-9,11-12,14H,10,13H2,1-5H3. The molecule has 0 atom stereocenters. The highest BCUT2D eigenvalue weighted by molar-refractivity contribution is 5.78. The first-order valence-corrected chi connectivity index (χ1v) is 8.26. The Balaban J connectivity index is 2.32. The lowest BCUT2D eigenvalue weighted by Crippen LogP contribution is -2.04. The summed E-state index contributed by atoms with van der Waals surface area (Å²) in [4.78, 5) is 11.1. The fraction of sp³-hybridized carbons (Fsp3) is 0.381. The van der Waals surface area contributed by atoms with Crippen molar-refractivity contribution in [2.24, 2.45) is 0 Å². The van der Waals surface area contributed by atoms with E-state index in [1.807, 2.05) is 19.1 Å². The first kappa shape index (κ1) is 18.2. The van der Waals surface area contributed by atoms with Crippen molar-refractivity contribution >= 4 is 6.29 Å². The molecule has 3 heteroatoms. The van der Waals surface area contributed by atoms with E-state index in [1.165, 1.54) is 22.3 Å². The van der Waals surface area contributed by atoms with Crippen LogP contribution in [-0.4, -0.2) is 20.2 Å². The molecule has 128 valence electrons. The molecule has 0 saturated heterocycles. The zero-order valence-corrected chi connectivity index (χ0v) is 15.2. The molecule has 3 nitrogen and oxygen atoms in total. The third kappa shape index (κ3) is 4.04. The Hall–Kier alpha value is -2.13. The van der Waals surface area contributed by atoms with Crippen LogP contribution in [-0.2, 0) is 11.2 Å². The van der Waals surface area contributed by atoms with E-state index in [0.717, 1.165) is 29.6 Å². The van der Waals surface area contributed by atoms with Crippen LogP contribution in [0, 0.1) is 13.8 Å². The Morgan fingerprint density at radius 1 is 1.08 bits per heavy atom. The Morgan fingerprint density at radius 3 is 2.46 bits per heavy atom. The number of hydrogen-bond donors (Lipinski definition) is 0. The molecule has 0 aliphatic rings. The van der Waals surface area contributed by atoms with Gasteiger partial charge in [0.1, 0.15) is 12.0 Å². The van der Waals surface area contributed by atoms with E-state index in [-0.39, 0.29) is 6.79 Å². The van der Waals surface area contributed by atoms with E-state index < -0.39 is 0 Å². The van der Waals surface area contributed by atoms with Crippen LogP contribution in [0.3, 0.4) is 0 Å². The van der Waals surface area contributed by atoms with E-state index in [0.29, 0.717) is 5.92 Å². The Labute approximate surface area is 144 Å². The smallest absolute Gasteiger partial charge is 0.188 e. The molecule has 0 radical (unpaired) electrons. The second-order valence-corrected chi connectivity index (χ2v) is 6.44. The molecule has 0 spiro atoms. The first-order chi connectivity index (χ1) is 11.5. The molecule has 2 aromatic rings. The van der Waals surface area contributed by atoms with Crippen molar-refractivity contribution < 1.29 is 14.3 Å². The minimum Gasteiger partial charge on any atom is -0.467 e. The van der Waals surface area contributed by atoms with Gasteiger partial charge in [0.2, 0.25) is 0 Å². The van der Waals surface area contributed by atoms with E-state index in [1.54, 1.807) is 7.11 Å². The van der Waals surface area contributed by atoms with Crippen LogP contribution in [0.25, 0.3) is 0 Å². The predicted octanol–water partition coefficient (Wildman–Crippen LogP) is 4.81. The lowest BCUT2D eigenvalue weighted by Gasteiger charge is -2.16. The van der Waals surface area contributed by atoms with E-state index in [9.17, 15) is 4.79 Å². The van der Waals surface area contributed by atoms with Gasteiger partial charge in [-0.1, -0.05) is 38.1 Å². The second-order valence-electron chi connectivity index (χ2n) is 6.44. The van der Waals surface area contributed by atoms with E-state index >= 15 is 0 Å². The molecule has 24 heavy (non-hydrogen) atoms. The van der Waals surface area contributed by atoms with E-state index in [4.69, 9.17) is 9.47 Å². The third-order valence-electron chi connectivity index (χ3n) is 4.49. The quantitative estimate of drug-likeness (QED) is 0.541. The summed E-state index contributed by atoms with van der Waals surface area (Å²) in [6.07, 6.45) is 1.76. The van der Waals surface area contributed by atoms with Crippen molar-refractivity contribution in [3.05, 3.63) is 63.7 Å². The molecule has 0 aliphatic heterocycles. The van der Waals surface area contributed by atoms with Gasteiger partial charge >= 0.3 is 0 Å². The second kappa shape index (κ2) is 8.11. The molecular formula is C21H26O3. The van der Waals surface area contributed by atoms with Crippen LogP contribution < -0.4 is 4.74 Å². The van der Waals surface area contributed by atoms with Gasteiger partial charge in [-0.05, 0) is 60.1 Å². The summed E-state index contributed by atoms with van der Waals surface area (Å²) in [7, 11) is 1.62. The predicted molar refractivity (Wildman–Crippen MR) is 97.1 cm³/mol. The molecule has 0 unspecified atom stereocenters. The number of methoxy groups -OCH3 is 1. The molecule has 0 N–H and O–H groups in total. The van der Waals surface area contributed by atoms with Crippen LogP contribution in [0.15, 0.2) is 30.3 Å². The van der Waals surface area contributed by atoms with Crippen molar-refractivity contribution in [2.75, 3.05) is 13.9 Å². The van der Waals surface area contributed by atoms with Crippen molar-refractivity contribution in [3.8, 4) is 5.75 Å². The lowest BCUT2D eigenvalue weighted by molar-refractivity contribution is 0.0502. The summed E-state index contributed by atoms with van der Waals surface area (Å²) in [5.74, 6) is 1.25. The number of aldehydes is 1. The molecule has 0 heterocycles. The average molecular weight is 326 g/mol. The Kier molecular flexibility index (Phi) is 6.16. The van der Waals surface area contributed by atoms with Gasteiger partial charge in [-0.2, -0.15) is 0 Å². The minimum atomic E-state index is 0.254. The van der Waals surface area contributed by atoms with Crippen molar-refractivity contribution in [2.45, 2.75) is 40.0 Å². The van der Waals surface area contributed by atoms with Crippen molar-refractivity contribution in [1.29, 1.82) is 0 Å². The lowest BCUT2D eigenvalue weighted by atomic mass is 9.92. The van der Waals surface area contributed by atoms with Gasteiger partial charge in [0, 0.05) is 12.7 Å². The number of carbonyl (C=O) groups excluding carboxylic acids is 1. The third-order valence-corrected chi connectivity index (χ3v) is 4.49. The topological polar surface area (TPSA) is 35.5 Å². The molecule has 0 fully saturated rings. The maximum Gasteiger partial charge on any atom is 0.188 e. The molecule has 2 rings (SSSR count). The van der Waals surface area contributed by atoms with Crippen LogP contribution >= 0.6 is 0 Å². The number of carbonyl (C=O) groups is 1. The number of hydrogen-bond acceptors (Lipinski definition) is 3. The molecule has 2 aromatic carbocycles. The maximum atomic E-state index is 11.1. The summed E-state index contributed by atoms with van der Waals surface area (Å²) in [6.45, 7) is 8.66. The Bertz CT molecular complexity index is 717. The van der Waals surface area contributed by atoms with Gasteiger partial charge in [0.25, 0.3) is 0 Å². The van der Waals surface area contributed by atoms with Crippen LogP contribution in [0.1, 0.15) is 57.9 Å². The number of ether oxygens (including phenoxy) is 2. The average Bonchev–Trinajstić information content (AvgIpc) is 2.57. The van der Waals surface area contributed by atoms with Gasteiger partial charge in [-0.25, -0.2) is 0 Å². The summed E-state index contributed by atoms with van der Waals surface area (Å²) < 4.78 is 10.7. The normalized spacial score (nSPS) is 10.9. The number of benzene rings is 2. The van der Waals surface area contributed by atoms with Crippen LogP contribution in [0.5, 0.6) is 5.75 Å². The molecule has 0 bridgehead atoms. The minimum absolute atomic E-state index is 0.254. The first-order valence-electron chi connectivity index (χ1n) is 8.26. The highest BCUT2D eigenvalue weighted by Crippen LogP contribution is 2.29. The van der Waals surface area contributed by atoms with Crippen LogP contribution in [0.4, 0.5) is 0 Å². The van der Waals surface area contributed by atoms with Crippen LogP contribution in [0.2, 0.25) is 0 Å². The zero-order valence-electron chi connectivity index (χ0n) is 15.2. The highest BCUT2D eigenvalue weighted by atomic mass is 16.7. The van der Waals surface area contributed by atoms with Gasteiger partial charge in [0.05, 0.1) is 0 Å². The highest BCUT2D eigenvalue weighted by Gasteiger charge is 2.11. The fourth-order valence-electron chi connectivity index (χ4n) is 2.85. The van der Waals surface area contributed by atoms with Gasteiger partial charge in [-0.15, -0.1) is 0 Å². The monoisotopic (exact) mass is 326 g/mol. The molecule has 0 aromatic heterocycles. The van der Waals surface area contributed by atoms with Crippen molar-refractivity contribution in [1.82, 2.24) is 0 Å². The summed E-state index contributed by atoms with van der Waals surface area (Å²) in [5.41, 5.74) is 6.69. The molecular weight excluding hydrogens is 300 g/mol. The van der Waals surface area contributed by atoms with Crippen molar-refractivity contribution in [3.63, 3.8) is 0 Å². The molecule has 0 aliphatic carbocycles. The van der Waals surface area contributed by atoms with Gasteiger partial charge < -0.3 is 9.47 Å². The summed E-state index contributed by atoms with van der Waals surface area (Å²) >= 11 is 0. The van der Waals surface area contributed by atoms with Gasteiger partial charge in [0.15, 0.2) is 6.79 Å². The molecule has 0 amide bonds. The largest absolute Gasteiger partial charge is 0.467 e. The Morgan fingerprint density at radius 2 is 1.83 bits per heavy atom. The summed E-state index contributed by atoms with van der Waals surface area (Å²) in [5, 5.41) is 0.